The van der Waals surface area contributed by atoms with Gasteiger partial charge in [0.2, 0.25) is 5.91 Å². The molecule has 2 fully saturated rings. The Balaban J connectivity index is 1.53. The molecule has 2 aromatic rings. The van der Waals surface area contributed by atoms with Gasteiger partial charge in [-0.25, -0.2) is 4.98 Å². The molecule has 1 aliphatic carbocycles. The lowest BCUT2D eigenvalue weighted by Gasteiger charge is -2.23. The van der Waals surface area contributed by atoms with Crippen molar-refractivity contribution in [3.8, 4) is 17.0 Å². The highest BCUT2D eigenvalue weighted by atomic mass is 16.5. The van der Waals surface area contributed by atoms with E-state index in [0.29, 0.717) is 12.5 Å². The fraction of sp³-hybridized carbons (Fsp3) is 0.524. The van der Waals surface area contributed by atoms with Crippen molar-refractivity contribution in [3.05, 3.63) is 36.3 Å². The molecule has 0 radical (unpaired) electrons. The molecule has 1 saturated heterocycles. The summed E-state index contributed by atoms with van der Waals surface area (Å²) in [6.07, 6.45) is 7.34. The number of rotatable bonds is 5. The van der Waals surface area contributed by atoms with Crippen LogP contribution in [0.4, 0.5) is 0 Å². The molecule has 0 unspecified atom stereocenters. The van der Waals surface area contributed by atoms with Crippen LogP contribution < -0.4 is 4.74 Å². The van der Waals surface area contributed by atoms with Crippen LogP contribution >= 0.6 is 0 Å². The van der Waals surface area contributed by atoms with Gasteiger partial charge in [-0.3, -0.25) is 4.79 Å². The highest BCUT2D eigenvalue weighted by Gasteiger charge is 2.37. The number of H-pyrrole nitrogens is 1. The summed E-state index contributed by atoms with van der Waals surface area (Å²) in [5.74, 6) is 2.21. The Morgan fingerprint density at radius 1 is 1.23 bits per heavy atom. The van der Waals surface area contributed by atoms with E-state index in [1.807, 2.05) is 44.3 Å². The van der Waals surface area contributed by atoms with E-state index in [-0.39, 0.29) is 17.9 Å². The topological polar surface area (TPSA) is 58.2 Å². The lowest BCUT2D eigenvalue weighted by atomic mass is 10.1. The number of imidazole rings is 1. The number of benzene rings is 1. The summed E-state index contributed by atoms with van der Waals surface area (Å²) >= 11 is 0. The number of nitrogens with zero attached hydrogens (tertiary/aromatic N) is 2. The van der Waals surface area contributed by atoms with Crippen LogP contribution in [0.5, 0.6) is 5.75 Å². The normalized spacial score (nSPS) is 21.1. The standard InChI is InChI=1S/C21H27N3O2/c1-14(2)26-19-10-6-5-9-17(19)18-12-22-21(23-18)15-11-20(25)24(13-15)16-7-3-4-8-16/h5-6,9-10,12,14-16H,3-4,7-8,11,13H2,1-2H3,(H,22,23)/t15-/m1/s1. The number of carbonyl (C=O) groups is 1. The lowest BCUT2D eigenvalue weighted by Crippen LogP contribution is -2.34. The first-order valence-electron chi connectivity index (χ1n) is 9.72. The summed E-state index contributed by atoms with van der Waals surface area (Å²) < 4.78 is 5.93. The van der Waals surface area contributed by atoms with E-state index in [1.54, 1.807) is 0 Å². The van der Waals surface area contributed by atoms with Gasteiger partial charge in [-0.05, 0) is 38.8 Å². The van der Waals surface area contributed by atoms with Gasteiger partial charge in [0.15, 0.2) is 0 Å². The predicted molar refractivity (Wildman–Crippen MR) is 101 cm³/mol. The third-order valence-electron chi connectivity index (χ3n) is 5.45. The zero-order valence-corrected chi connectivity index (χ0v) is 15.6. The molecule has 0 bridgehead atoms. The fourth-order valence-electron chi connectivity index (χ4n) is 4.21. The summed E-state index contributed by atoms with van der Waals surface area (Å²) in [5, 5.41) is 0. The molecule has 1 amide bonds. The third kappa shape index (κ3) is 3.35. The Kier molecular flexibility index (Phi) is 4.70. The second-order valence-electron chi connectivity index (χ2n) is 7.73. The minimum Gasteiger partial charge on any atom is -0.490 e. The molecular formula is C21H27N3O2. The van der Waals surface area contributed by atoms with E-state index in [0.717, 1.165) is 42.2 Å². The summed E-state index contributed by atoms with van der Waals surface area (Å²) in [6.45, 7) is 4.84. The van der Waals surface area contributed by atoms with Gasteiger partial charge in [0.25, 0.3) is 0 Å². The number of aromatic nitrogens is 2. The molecule has 5 heteroatoms. The van der Waals surface area contributed by atoms with Gasteiger partial charge in [0.1, 0.15) is 11.6 Å². The quantitative estimate of drug-likeness (QED) is 0.879. The van der Waals surface area contributed by atoms with Crippen LogP contribution in [0.2, 0.25) is 0 Å². The first-order valence-corrected chi connectivity index (χ1v) is 9.72. The van der Waals surface area contributed by atoms with Crippen molar-refractivity contribution >= 4 is 5.91 Å². The highest BCUT2D eigenvalue weighted by Crippen LogP contribution is 2.35. The molecule has 1 aromatic carbocycles. The Morgan fingerprint density at radius 2 is 2.00 bits per heavy atom. The van der Waals surface area contributed by atoms with Gasteiger partial charge in [0, 0.05) is 30.5 Å². The molecule has 0 spiro atoms. The number of amides is 1. The number of likely N-dealkylation sites (tertiary alicyclic amines) is 1. The second kappa shape index (κ2) is 7.14. The van der Waals surface area contributed by atoms with E-state index in [1.165, 1.54) is 12.8 Å². The number of aromatic amines is 1. The zero-order valence-electron chi connectivity index (χ0n) is 15.6. The molecule has 1 saturated carbocycles. The molecule has 1 aliphatic heterocycles. The molecule has 26 heavy (non-hydrogen) atoms. The van der Waals surface area contributed by atoms with Gasteiger partial charge in [-0.2, -0.15) is 0 Å². The Hall–Kier alpha value is -2.30. The van der Waals surface area contributed by atoms with E-state index >= 15 is 0 Å². The minimum absolute atomic E-state index is 0.117. The SMILES string of the molecule is CC(C)Oc1ccccc1-c1cnc([C@@H]2CC(=O)N(C3CCCC3)C2)[nH]1. The number of hydrogen-bond acceptors (Lipinski definition) is 3. The first-order chi connectivity index (χ1) is 12.6. The Labute approximate surface area is 154 Å². The number of hydrogen-bond donors (Lipinski definition) is 1. The molecule has 1 aromatic heterocycles. The maximum absolute atomic E-state index is 12.5. The van der Waals surface area contributed by atoms with Crippen LogP contribution in [0.25, 0.3) is 11.3 Å². The Morgan fingerprint density at radius 3 is 2.77 bits per heavy atom. The average Bonchev–Trinajstić information content (AvgIpc) is 3.35. The highest BCUT2D eigenvalue weighted by molar-refractivity contribution is 5.80. The first kappa shape index (κ1) is 17.1. The average molecular weight is 353 g/mol. The monoisotopic (exact) mass is 353 g/mol. The fourth-order valence-corrected chi connectivity index (χ4v) is 4.21. The van der Waals surface area contributed by atoms with E-state index in [4.69, 9.17) is 4.74 Å². The largest absolute Gasteiger partial charge is 0.490 e. The molecule has 1 N–H and O–H groups in total. The zero-order chi connectivity index (χ0) is 18.1. The van der Waals surface area contributed by atoms with Crippen LogP contribution in [-0.4, -0.2) is 39.5 Å². The van der Waals surface area contributed by atoms with Crippen molar-refractivity contribution in [2.75, 3.05) is 6.54 Å². The van der Waals surface area contributed by atoms with Crippen molar-refractivity contribution in [1.82, 2.24) is 14.9 Å². The van der Waals surface area contributed by atoms with Gasteiger partial charge in [-0.1, -0.05) is 25.0 Å². The maximum atomic E-state index is 12.5. The van der Waals surface area contributed by atoms with Crippen molar-refractivity contribution in [2.45, 2.75) is 64.0 Å². The summed E-state index contributed by atoms with van der Waals surface area (Å²) in [4.78, 5) is 22.6. The van der Waals surface area contributed by atoms with E-state index in [9.17, 15) is 4.79 Å². The van der Waals surface area contributed by atoms with Gasteiger partial charge < -0.3 is 14.6 Å². The Bertz CT molecular complexity index is 777. The molecule has 1 atom stereocenters. The molecule has 138 valence electrons. The maximum Gasteiger partial charge on any atom is 0.223 e. The van der Waals surface area contributed by atoms with Crippen LogP contribution in [0.3, 0.4) is 0 Å². The minimum atomic E-state index is 0.117. The van der Waals surface area contributed by atoms with Crippen molar-refractivity contribution in [3.63, 3.8) is 0 Å². The van der Waals surface area contributed by atoms with Crippen molar-refractivity contribution < 1.29 is 9.53 Å². The third-order valence-corrected chi connectivity index (χ3v) is 5.45. The summed E-state index contributed by atoms with van der Waals surface area (Å²) in [7, 11) is 0. The lowest BCUT2D eigenvalue weighted by molar-refractivity contribution is -0.129. The van der Waals surface area contributed by atoms with Crippen LogP contribution in [0, 0.1) is 0 Å². The van der Waals surface area contributed by atoms with Crippen LogP contribution in [-0.2, 0) is 4.79 Å². The second-order valence-corrected chi connectivity index (χ2v) is 7.73. The van der Waals surface area contributed by atoms with Crippen LogP contribution in [0.1, 0.15) is 57.7 Å². The number of ether oxygens (including phenoxy) is 1. The number of para-hydroxylation sites is 1. The van der Waals surface area contributed by atoms with Gasteiger partial charge >= 0.3 is 0 Å². The van der Waals surface area contributed by atoms with E-state index in [2.05, 4.69) is 14.9 Å². The van der Waals surface area contributed by atoms with E-state index < -0.39 is 0 Å². The molecule has 5 nitrogen and oxygen atoms in total. The molecule has 2 heterocycles. The number of nitrogens with one attached hydrogen (secondary N) is 1. The molecule has 2 aliphatic rings. The van der Waals surface area contributed by atoms with Crippen molar-refractivity contribution in [1.29, 1.82) is 0 Å². The summed E-state index contributed by atoms with van der Waals surface area (Å²) in [6, 6.07) is 8.45. The predicted octanol–water partition coefficient (Wildman–Crippen LogP) is 4.12. The smallest absolute Gasteiger partial charge is 0.223 e. The van der Waals surface area contributed by atoms with Crippen molar-refractivity contribution in [2.24, 2.45) is 0 Å². The summed E-state index contributed by atoms with van der Waals surface area (Å²) in [5.41, 5.74) is 1.96. The van der Waals surface area contributed by atoms with Gasteiger partial charge in [0.05, 0.1) is 18.0 Å². The van der Waals surface area contributed by atoms with Gasteiger partial charge in [-0.15, -0.1) is 0 Å². The van der Waals surface area contributed by atoms with Crippen LogP contribution in [0.15, 0.2) is 30.5 Å². The number of carbonyl (C=O) groups excluding carboxylic acids is 1. The molecule has 4 rings (SSSR count). The molecular weight excluding hydrogens is 326 g/mol.